The summed E-state index contributed by atoms with van der Waals surface area (Å²) in [5.74, 6) is -0.518. The molecule has 5 nitrogen and oxygen atoms in total. The monoisotopic (exact) mass is 428 g/mol. The topological polar surface area (TPSA) is 75.3 Å². The van der Waals surface area contributed by atoms with E-state index in [0.717, 1.165) is 6.42 Å². The van der Waals surface area contributed by atoms with Gasteiger partial charge in [0.25, 0.3) is 0 Å². The number of carbonyl (C=O) groups excluding carboxylic acids is 3. The molecule has 0 atom stereocenters. The molecule has 1 aliphatic heterocycles. The number of barbiturate groups is 1. The molecule has 1 fully saturated rings. The Morgan fingerprint density at radius 2 is 1.59 bits per heavy atom. The Hall–Kier alpha value is -0.455. The van der Waals surface area contributed by atoms with E-state index in [1.54, 1.807) is 6.92 Å². The first-order valence-corrected chi connectivity index (χ1v) is 5.59. The van der Waals surface area contributed by atoms with Crippen molar-refractivity contribution in [2.75, 3.05) is 0 Å². The van der Waals surface area contributed by atoms with Gasteiger partial charge in [0.15, 0.2) is 0 Å². The number of rotatable bonds is 4. The number of amides is 4. The smallest absolute Gasteiger partial charge is 0.277 e. The Morgan fingerprint density at radius 1 is 1.12 bits per heavy atom. The van der Waals surface area contributed by atoms with E-state index in [4.69, 9.17) is 0 Å². The molecular formula is C11H18HgN2O3. The maximum atomic E-state index is 11.8. The molecule has 0 aromatic heterocycles. The Balaban J connectivity index is 0.00000256. The van der Waals surface area contributed by atoms with Gasteiger partial charge in [0.2, 0.25) is 11.8 Å². The second-order valence-corrected chi connectivity index (χ2v) is 4.61. The van der Waals surface area contributed by atoms with E-state index in [9.17, 15) is 14.4 Å². The van der Waals surface area contributed by atoms with Crippen molar-refractivity contribution in [1.82, 2.24) is 10.6 Å². The average Bonchev–Trinajstić information content (AvgIpc) is 2.17. The minimum Gasteiger partial charge on any atom is -0.277 e. The van der Waals surface area contributed by atoms with Crippen molar-refractivity contribution in [3.8, 4) is 0 Å². The zero-order chi connectivity index (χ0) is 12.3. The van der Waals surface area contributed by atoms with Crippen molar-refractivity contribution in [2.45, 2.75) is 40.0 Å². The number of imide groups is 2. The van der Waals surface area contributed by atoms with E-state index in [-0.39, 0.29) is 27.7 Å². The quantitative estimate of drug-likeness (QED) is 0.523. The van der Waals surface area contributed by atoms with Crippen LogP contribution in [-0.2, 0) is 37.3 Å². The Morgan fingerprint density at radius 3 is 1.94 bits per heavy atom. The number of carbonyl (C=O) groups is 3. The molecular weight excluding hydrogens is 409 g/mol. The summed E-state index contributed by atoms with van der Waals surface area (Å²) in [6.45, 7) is 5.86. The summed E-state index contributed by atoms with van der Waals surface area (Å²) >= 11 is 0. The van der Waals surface area contributed by atoms with Gasteiger partial charge in [0.05, 0.1) is 0 Å². The molecule has 2 N–H and O–H groups in total. The van der Waals surface area contributed by atoms with Crippen molar-refractivity contribution in [2.24, 2.45) is 11.3 Å². The van der Waals surface area contributed by atoms with Gasteiger partial charge in [-0.3, -0.25) is 20.2 Å². The summed E-state index contributed by atoms with van der Waals surface area (Å²) in [7, 11) is 0. The van der Waals surface area contributed by atoms with Crippen LogP contribution in [0.3, 0.4) is 0 Å². The molecule has 1 heterocycles. The van der Waals surface area contributed by atoms with Crippen molar-refractivity contribution in [3.05, 3.63) is 0 Å². The molecule has 0 saturated carbocycles. The maximum Gasteiger partial charge on any atom is 0.328 e. The number of nitrogens with one attached hydrogen (secondary N) is 2. The number of hydrogen-bond donors (Lipinski definition) is 2. The molecule has 0 aromatic carbocycles. The molecule has 92 valence electrons. The second kappa shape index (κ2) is 6.47. The van der Waals surface area contributed by atoms with Crippen molar-refractivity contribution < 1.29 is 42.1 Å². The van der Waals surface area contributed by atoms with Gasteiger partial charge in [0.1, 0.15) is 5.41 Å². The van der Waals surface area contributed by atoms with Gasteiger partial charge in [-0.1, -0.05) is 20.8 Å². The molecule has 0 aliphatic carbocycles. The first-order valence-electron chi connectivity index (χ1n) is 5.59. The van der Waals surface area contributed by atoms with Crippen molar-refractivity contribution in [3.63, 3.8) is 0 Å². The molecule has 1 aliphatic rings. The fraction of sp³-hybridized carbons (Fsp3) is 0.727. The van der Waals surface area contributed by atoms with E-state index in [2.05, 4.69) is 10.6 Å². The molecule has 6 heteroatoms. The van der Waals surface area contributed by atoms with Crippen LogP contribution in [0.4, 0.5) is 4.79 Å². The van der Waals surface area contributed by atoms with Crippen LogP contribution in [0.1, 0.15) is 40.0 Å². The van der Waals surface area contributed by atoms with Gasteiger partial charge >= 0.3 is 6.03 Å². The predicted molar refractivity (Wildman–Crippen MR) is 58.5 cm³/mol. The van der Waals surface area contributed by atoms with Crippen molar-refractivity contribution in [1.29, 1.82) is 0 Å². The Bertz CT molecular complexity index is 309. The molecule has 0 aromatic rings. The Labute approximate surface area is 122 Å². The second-order valence-electron chi connectivity index (χ2n) is 4.61. The summed E-state index contributed by atoms with van der Waals surface area (Å²) in [5, 5.41) is 4.33. The molecule has 1 saturated heterocycles. The fourth-order valence-corrected chi connectivity index (χ4v) is 1.84. The first kappa shape index (κ1) is 16.5. The summed E-state index contributed by atoms with van der Waals surface area (Å²) in [5.41, 5.74) is -1.07. The predicted octanol–water partition coefficient (Wildman–Crippen LogP) is 1.18. The molecule has 0 unspecified atom stereocenters. The number of urea groups is 1. The van der Waals surface area contributed by atoms with Crippen LogP contribution < -0.4 is 10.6 Å². The van der Waals surface area contributed by atoms with E-state index >= 15 is 0 Å². The van der Waals surface area contributed by atoms with E-state index < -0.39 is 23.3 Å². The third-order valence-electron chi connectivity index (χ3n) is 3.08. The van der Waals surface area contributed by atoms with Crippen LogP contribution in [0, 0.1) is 11.3 Å². The van der Waals surface area contributed by atoms with Gasteiger partial charge in [-0.15, -0.1) is 0 Å². The third-order valence-corrected chi connectivity index (χ3v) is 3.08. The molecule has 0 spiro atoms. The van der Waals surface area contributed by atoms with Crippen LogP contribution in [0.2, 0.25) is 0 Å². The largest absolute Gasteiger partial charge is 0.328 e. The van der Waals surface area contributed by atoms with Gasteiger partial charge in [0, 0.05) is 27.7 Å². The zero-order valence-corrected chi connectivity index (χ0v) is 16.1. The van der Waals surface area contributed by atoms with Gasteiger partial charge < -0.3 is 0 Å². The van der Waals surface area contributed by atoms with Gasteiger partial charge in [-0.05, 0) is 25.2 Å². The van der Waals surface area contributed by atoms with Crippen LogP contribution in [0.5, 0.6) is 0 Å². The van der Waals surface area contributed by atoms with Crippen LogP contribution >= 0.6 is 0 Å². The van der Waals surface area contributed by atoms with E-state index in [0.29, 0.717) is 18.8 Å². The maximum absolute atomic E-state index is 11.8. The van der Waals surface area contributed by atoms with E-state index in [1.165, 1.54) is 0 Å². The average molecular weight is 427 g/mol. The third kappa shape index (κ3) is 3.50. The fourth-order valence-electron chi connectivity index (χ4n) is 1.84. The normalized spacial score (nSPS) is 18.5. The summed E-state index contributed by atoms with van der Waals surface area (Å²) in [4.78, 5) is 34.5. The van der Waals surface area contributed by atoms with Crippen LogP contribution in [-0.4, -0.2) is 17.8 Å². The van der Waals surface area contributed by atoms with E-state index in [1.807, 2.05) is 13.8 Å². The van der Waals surface area contributed by atoms with Crippen LogP contribution in [0.25, 0.3) is 0 Å². The molecule has 1 rings (SSSR count). The zero-order valence-electron chi connectivity index (χ0n) is 10.6. The molecule has 4 amide bonds. The molecule has 0 bridgehead atoms. The van der Waals surface area contributed by atoms with Crippen LogP contribution in [0.15, 0.2) is 0 Å². The Kier molecular flexibility index (Phi) is 6.30. The summed E-state index contributed by atoms with van der Waals surface area (Å²) in [6, 6.07) is -0.719. The minimum atomic E-state index is -1.07. The summed E-state index contributed by atoms with van der Waals surface area (Å²) in [6.07, 6.45) is 1.67. The first-order chi connectivity index (χ1) is 7.42. The molecule has 17 heavy (non-hydrogen) atoms. The van der Waals surface area contributed by atoms with Crippen molar-refractivity contribution >= 4 is 17.8 Å². The van der Waals surface area contributed by atoms with Gasteiger partial charge in [-0.2, -0.15) is 0 Å². The van der Waals surface area contributed by atoms with Gasteiger partial charge in [-0.25, -0.2) is 4.79 Å². The standard InChI is InChI=1S/C11H18N2O3.Hg/c1-4-11(6-5-7(2)3)8(14)12-10(16)13-9(11)15;/h7H,4-6H2,1-3H3,(H2,12,13,14,15,16);. The SMILES string of the molecule is CCC1(CCC(C)C)C(=O)NC(=O)NC1=O.[Hg]. The minimum absolute atomic E-state index is 0. The summed E-state index contributed by atoms with van der Waals surface area (Å²) < 4.78 is 0. The molecule has 0 radical (unpaired) electrons. The number of hydrogen-bond acceptors (Lipinski definition) is 3.